The summed E-state index contributed by atoms with van der Waals surface area (Å²) in [5.74, 6) is -1.54. The van der Waals surface area contributed by atoms with Crippen molar-refractivity contribution in [2.75, 3.05) is 10.7 Å². The van der Waals surface area contributed by atoms with Crippen molar-refractivity contribution in [2.45, 2.75) is 33.7 Å². The lowest BCUT2D eigenvalue weighted by Crippen LogP contribution is -2.45. The second kappa shape index (κ2) is 7.26. The molecule has 0 spiro atoms. The van der Waals surface area contributed by atoms with E-state index in [1.54, 1.807) is 0 Å². The van der Waals surface area contributed by atoms with Gasteiger partial charge in [0.05, 0.1) is 11.4 Å². The molecule has 114 valence electrons. The molecule has 1 rings (SSSR count). The topological polar surface area (TPSA) is 74.7 Å². The maximum Gasteiger partial charge on any atom is 0.326 e. The van der Waals surface area contributed by atoms with E-state index in [4.69, 9.17) is 0 Å². The van der Waals surface area contributed by atoms with Gasteiger partial charge in [0.25, 0.3) is 0 Å². The van der Waals surface area contributed by atoms with Crippen LogP contribution in [0.15, 0.2) is 18.2 Å². The zero-order chi connectivity index (χ0) is 16.2. The van der Waals surface area contributed by atoms with Gasteiger partial charge in [0.1, 0.15) is 6.04 Å². The van der Waals surface area contributed by atoms with Gasteiger partial charge in [-0.15, -0.1) is 0 Å². The van der Waals surface area contributed by atoms with E-state index in [0.717, 1.165) is 22.9 Å². The molecule has 21 heavy (non-hydrogen) atoms. The maximum absolute atomic E-state index is 12.4. The predicted octanol–water partition coefficient (Wildman–Crippen LogP) is 2.39. The lowest BCUT2D eigenvalue weighted by atomic mass is 10.1. The molecule has 0 unspecified atom stereocenters. The van der Waals surface area contributed by atoms with E-state index < -0.39 is 12.0 Å². The third-order valence-electron chi connectivity index (χ3n) is 3.09. The van der Waals surface area contributed by atoms with Gasteiger partial charge in [-0.05, 0) is 31.9 Å². The molecule has 0 aliphatic heterocycles. The smallest absolute Gasteiger partial charge is 0.326 e. The molecular weight excluding hydrogens is 290 g/mol. The summed E-state index contributed by atoms with van der Waals surface area (Å²) in [5.41, 5.74) is 2.25. The number of amides is 1. The number of thioether (sulfide) groups is 1. The second-order valence-corrected chi connectivity index (χ2v) is 5.95. The van der Waals surface area contributed by atoms with Crippen molar-refractivity contribution in [2.24, 2.45) is 0 Å². The molecule has 0 radical (unpaired) electrons. The van der Waals surface area contributed by atoms with Gasteiger partial charge in [0.2, 0.25) is 5.91 Å². The minimum atomic E-state index is -1.08. The Kier molecular flexibility index (Phi) is 5.96. The van der Waals surface area contributed by atoms with Crippen molar-refractivity contribution in [1.82, 2.24) is 0 Å². The highest BCUT2D eigenvalue weighted by molar-refractivity contribution is 8.14. The van der Waals surface area contributed by atoms with Gasteiger partial charge in [0, 0.05) is 6.92 Å². The van der Waals surface area contributed by atoms with Gasteiger partial charge in [-0.1, -0.05) is 30.0 Å². The Labute approximate surface area is 128 Å². The minimum Gasteiger partial charge on any atom is -0.480 e. The van der Waals surface area contributed by atoms with Crippen LogP contribution >= 0.6 is 11.8 Å². The number of carboxylic acid groups (broad SMARTS) is 1. The van der Waals surface area contributed by atoms with Crippen LogP contribution in [0.3, 0.4) is 0 Å². The number of carbonyl (C=O) groups excluding carboxylic acids is 2. The quantitative estimate of drug-likeness (QED) is 0.904. The fourth-order valence-corrected chi connectivity index (χ4v) is 2.53. The van der Waals surface area contributed by atoms with E-state index in [1.165, 1.54) is 18.7 Å². The molecule has 6 heteroatoms. The van der Waals surface area contributed by atoms with Gasteiger partial charge in [-0.3, -0.25) is 14.5 Å². The van der Waals surface area contributed by atoms with Crippen molar-refractivity contribution in [3.05, 3.63) is 29.3 Å². The molecule has 1 aromatic carbocycles. The molecule has 0 aliphatic carbocycles. The van der Waals surface area contributed by atoms with Crippen LogP contribution in [-0.2, 0) is 14.4 Å². The number of hydrogen-bond donors (Lipinski definition) is 1. The van der Waals surface area contributed by atoms with Crippen LogP contribution in [0, 0.1) is 13.8 Å². The van der Waals surface area contributed by atoms with Gasteiger partial charge in [0.15, 0.2) is 5.12 Å². The van der Waals surface area contributed by atoms with E-state index >= 15 is 0 Å². The third-order valence-corrected chi connectivity index (χ3v) is 3.89. The molecule has 1 aromatic rings. The summed E-state index contributed by atoms with van der Waals surface area (Å²) in [6.07, 6.45) is 0. The van der Waals surface area contributed by atoms with Crippen LogP contribution in [0.2, 0.25) is 0 Å². The number of anilines is 1. The molecule has 0 saturated heterocycles. The normalized spacial score (nSPS) is 11.8. The molecule has 0 saturated carbocycles. The number of carboxylic acids is 1. The monoisotopic (exact) mass is 309 g/mol. The fraction of sp³-hybridized carbons (Fsp3) is 0.400. The molecule has 0 heterocycles. The lowest BCUT2D eigenvalue weighted by molar-refractivity contribution is -0.139. The Hall–Kier alpha value is -1.82. The zero-order valence-corrected chi connectivity index (χ0v) is 13.4. The summed E-state index contributed by atoms with van der Waals surface area (Å²) >= 11 is 0.880. The molecule has 0 fully saturated rings. The first-order chi connectivity index (χ1) is 9.75. The van der Waals surface area contributed by atoms with Crippen molar-refractivity contribution in [3.63, 3.8) is 0 Å². The number of para-hydroxylation sites is 1. The Morgan fingerprint density at radius 2 is 1.76 bits per heavy atom. The predicted molar refractivity (Wildman–Crippen MR) is 83.6 cm³/mol. The average molecular weight is 309 g/mol. The van der Waals surface area contributed by atoms with Crippen molar-refractivity contribution in [3.8, 4) is 0 Å². The lowest BCUT2D eigenvalue weighted by Gasteiger charge is -2.29. The number of rotatable bonds is 5. The standard InChI is InChI=1S/C15H19NO4S/c1-9-6-5-7-10(2)14(9)16(11(3)15(19)20)13(18)8-21-12(4)17/h5-7,11H,8H2,1-4H3,(H,19,20)/t11-/m0/s1. The van der Waals surface area contributed by atoms with Gasteiger partial charge in [-0.25, -0.2) is 4.79 Å². The summed E-state index contributed by atoms with van der Waals surface area (Å²) in [6.45, 7) is 6.50. The first-order valence-electron chi connectivity index (χ1n) is 6.50. The number of carbonyl (C=O) groups is 3. The average Bonchev–Trinajstić information content (AvgIpc) is 2.39. The number of hydrogen-bond acceptors (Lipinski definition) is 4. The second-order valence-electron chi connectivity index (χ2n) is 4.80. The summed E-state index contributed by atoms with van der Waals surface area (Å²) < 4.78 is 0. The SMILES string of the molecule is CC(=O)SCC(=O)N(c1c(C)cccc1C)[C@@H](C)C(=O)O. The molecule has 5 nitrogen and oxygen atoms in total. The number of nitrogens with zero attached hydrogens (tertiary/aromatic N) is 1. The Morgan fingerprint density at radius 3 is 2.19 bits per heavy atom. The van der Waals surface area contributed by atoms with E-state index in [0.29, 0.717) is 5.69 Å². The van der Waals surface area contributed by atoms with Crippen LogP contribution in [0.4, 0.5) is 5.69 Å². The summed E-state index contributed by atoms with van der Waals surface area (Å²) in [5, 5.41) is 9.08. The Bertz CT molecular complexity index is 551. The summed E-state index contributed by atoms with van der Waals surface area (Å²) in [6, 6.07) is 4.52. The molecule has 0 bridgehead atoms. The summed E-state index contributed by atoms with van der Waals surface area (Å²) in [4.78, 5) is 36.0. The molecule has 0 aromatic heterocycles. The molecule has 1 N–H and O–H groups in total. The van der Waals surface area contributed by atoms with Crippen LogP contribution < -0.4 is 4.90 Å². The number of aryl methyl sites for hydroxylation is 2. The first kappa shape index (κ1) is 17.2. The van der Waals surface area contributed by atoms with Crippen LogP contribution in [0.25, 0.3) is 0 Å². The first-order valence-corrected chi connectivity index (χ1v) is 7.48. The van der Waals surface area contributed by atoms with Crippen molar-refractivity contribution >= 4 is 34.4 Å². The van der Waals surface area contributed by atoms with Gasteiger partial charge < -0.3 is 5.11 Å². The van der Waals surface area contributed by atoms with E-state index in [2.05, 4.69) is 0 Å². The van der Waals surface area contributed by atoms with Crippen LogP contribution in [0.5, 0.6) is 0 Å². The number of aliphatic carboxylic acids is 1. The largest absolute Gasteiger partial charge is 0.480 e. The highest BCUT2D eigenvalue weighted by Gasteiger charge is 2.29. The van der Waals surface area contributed by atoms with E-state index in [-0.39, 0.29) is 16.8 Å². The van der Waals surface area contributed by atoms with Crippen LogP contribution in [-0.4, -0.2) is 33.9 Å². The molecule has 0 aliphatic rings. The third kappa shape index (κ3) is 4.32. The Morgan fingerprint density at radius 1 is 1.24 bits per heavy atom. The zero-order valence-electron chi connectivity index (χ0n) is 12.5. The van der Waals surface area contributed by atoms with E-state index in [1.807, 2.05) is 32.0 Å². The fourth-order valence-electron chi connectivity index (χ4n) is 2.06. The minimum absolute atomic E-state index is 0.0687. The van der Waals surface area contributed by atoms with E-state index in [9.17, 15) is 19.5 Å². The van der Waals surface area contributed by atoms with Crippen molar-refractivity contribution < 1.29 is 19.5 Å². The highest BCUT2D eigenvalue weighted by Crippen LogP contribution is 2.27. The molecule has 1 atom stereocenters. The summed E-state index contributed by atoms with van der Waals surface area (Å²) in [7, 11) is 0. The van der Waals surface area contributed by atoms with Crippen LogP contribution in [0.1, 0.15) is 25.0 Å². The highest BCUT2D eigenvalue weighted by atomic mass is 32.2. The Balaban J connectivity index is 3.23. The number of benzene rings is 1. The maximum atomic E-state index is 12.4. The van der Waals surface area contributed by atoms with Gasteiger partial charge >= 0.3 is 5.97 Å². The van der Waals surface area contributed by atoms with Gasteiger partial charge in [-0.2, -0.15) is 0 Å². The molecule has 1 amide bonds. The van der Waals surface area contributed by atoms with Crippen molar-refractivity contribution in [1.29, 1.82) is 0 Å². The molecular formula is C15H19NO4S.